The molecule has 4 aromatic rings. The Morgan fingerprint density at radius 2 is 1.78 bits per heavy atom. The second-order valence-corrected chi connectivity index (χ2v) is 7.58. The Morgan fingerprint density at radius 3 is 2.52 bits per heavy atom. The molecule has 0 spiro atoms. The molecule has 0 atom stereocenters. The van der Waals surface area contributed by atoms with Crippen molar-refractivity contribution < 1.29 is 0 Å². The zero-order valence-electron chi connectivity index (χ0n) is 14.7. The van der Waals surface area contributed by atoms with Crippen LogP contribution >= 0.6 is 22.9 Å². The Labute approximate surface area is 165 Å². The molecular weight excluding hydrogens is 380 g/mol. The van der Waals surface area contributed by atoms with Crippen molar-refractivity contribution >= 4 is 61.3 Å². The third-order valence-corrected chi connectivity index (χ3v) is 5.51. The minimum absolute atomic E-state index is 0.408. The van der Waals surface area contributed by atoms with E-state index in [1.165, 1.54) is 6.33 Å². The smallest absolute Gasteiger partial charge is 0.189 e. The molecule has 0 saturated carbocycles. The van der Waals surface area contributed by atoms with Gasteiger partial charge in [-0.2, -0.15) is 0 Å². The van der Waals surface area contributed by atoms with Crippen LogP contribution in [-0.4, -0.2) is 15.0 Å². The van der Waals surface area contributed by atoms with Gasteiger partial charge in [-0.3, -0.25) is 0 Å². The first kappa shape index (κ1) is 17.5. The first-order valence-electron chi connectivity index (χ1n) is 8.28. The van der Waals surface area contributed by atoms with E-state index in [9.17, 15) is 0 Å². The Morgan fingerprint density at radius 1 is 1.00 bits per heavy atom. The number of nitrogens with zero attached hydrogens (tertiary/aromatic N) is 3. The van der Waals surface area contributed by atoms with Crippen molar-refractivity contribution in [2.24, 2.45) is 0 Å². The average Bonchev–Trinajstić information content (AvgIpc) is 3.06. The molecule has 136 valence electrons. The molecule has 6 nitrogen and oxygen atoms in total. The van der Waals surface area contributed by atoms with E-state index in [0.29, 0.717) is 22.3 Å². The number of aromatic nitrogens is 3. The average molecular weight is 397 g/mol. The second kappa shape index (κ2) is 7.02. The number of nitrogens with two attached hydrogens (primary N) is 1. The van der Waals surface area contributed by atoms with Gasteiger partial charge in [0.15, 0.2) is 16.8 Å². The van der Waals surface area contributed by atoms with Crippen molar-refractivity contribution in [1.29, 1.82) is 0 Å². The van der Waals surface area contributed by atoms with Crippen LogP contribution in [0, 0.1) is 13.8 Å². The second-order valence-electron chi connectivity index (χ2n) is 6.14. The van der Waals surface area contributed by atoms with Crippen molar-refractivity contribution in [1.82, 2.24) is 15.0 Å². The lowest BCUT2D eigenvalue weighted by Crippen LogP contribution is -2.05. The van der Waals surface area contributed by atoms with Gasteiger partial charge in [0.1, 0.15) is 12.0 Å². The van der Waals surface area contributed by atoms with Crippen molar-refractivity contribution in [2.45, 2.75) is 13.8 Å². The van der Waals surface area contributed by atoms with Crippen molar-refractivity contribution in [2.75, 3.05) is 16.4 Å². The van der Waals surface area contributed by atoms with Gasteiger partial charge in [-0.15, -0.1) is 0 Å². The van der Waals surface area contributed by atoms with Gasteiger partial charge in [-0.05, 0) is 43.2 Å². The highest BCUT2D eigenvalue weighted by molar-refractivity contribution is 7.22. The molecular formula is C19H17ClN6S. The highest BCUT2D eigenvalue weighted by atomic mass is 35.5. The first-order chi connectivity index (χ1) is 13.0. The molecule has 0 unspecified atom stereocenters. The van der Waals surface area contributed by atoms with E-state index in [2.05, 4.69) is 25.6 Å². The fourth-order valence-electron chi connectivity index (χ4n) is 2.64. The van der Waals surface area contributed by atoms with Crippen molar-refractivity contribution in [3.8, 4) is 0 Å². The summed E-state index contributed by atoms with van der Waals surface area (Å²) in [6.07, 6.45) is 1.45. The SMILES string of the molecule is Cc1ccc(Nc2ncnc(Nc3nc4c(C)cccc4s3)c2N)cc1Cl. The molecule has 0 amide bonds. The number of benzene rings is 2. The zero-order chi connectivity index (χ0) is 19.0. The Bertz CT molecular complexity index is 1140. The highest BCUT2D eigenvalue weighted by Gasteiger charge is 2.12. The summed E-state index contributed by atoms with van der Waals surface area (Å²) < 4.78 is 1.11. The van der Waals surface area contributed by atoms with E-state index in [1.807, 2.05) is 50.2 Å². The van der Waals surface area contributed by atoms with Crippen LogP contribution in [0.4, 0.5) is 28.1 Å². The fourth-order valence-corrected chi connectivity index (χ4v) is 3.77. The van der Waals surface area contributed by atoms with Crippen LogP contribution < -0.4 is 16.4 Å². The normalized spacial score (nSPS) is 10.9. The van der Waals surface area contributed by atoms with Gasteiger partial charge >= 0.3 is 0 Å². The van der Waals surface area contributed by atoms with Crippen LogP contribution in [0.1, 0.15) is 11.1 Å². The lowest BCUT2D eigenvalue weighted by atomic mass is 10.2. The number of hydrogen-bond donors (Lipinski definition) is 3. The van der Waals surface area contributed by atoms with E-state index in [1.54, 1.807) is 11.3 Å². The van der Waals surface area contributed by atoms with Gasteiger partial charge in [0.05, 0.1) is 10.2 Å². The summed E-state index contributed by atoms with van der Waals surface area (Å²) in [5.74, 6) is 1.01. The molecule has 4 N–H and O–H groups in total. The number of aryl methyl sites for hydroxylation is 2. The molecule has 0 aliphatic carbocycles. The topological polar surface area (TPSA) is 88.8 Å². The maximum atomic E-state index is 6.26. The fraction of sp³-hybridized carbons (Fsp3) is 0.105. The van der Waals surface area contributed by atoms with Crippen molar-refractivity contribution in [3.63, 3.8) is 0 Å². The number of thiazole rings is 1. The van der Waals surface area contributed by atoms with Gasteiger partial charge in [0.2, 0.25) is 0 Å². The summed E-state index contributed by atoms with van der Waals surface area (Å²) in [5.41, 5.74) is 10.6. The monoisotopic (exact) mass is 396 g/mol. The number of nitrogen functional groups attached to an aromatic ring is 1. The minimum Gasteiger partial charge on any atom is -0.393 e. The van der Waals surface area contributed by atoms with E-state index < -0.39 is 0 Å². The van der Waals surface area contributed by atoms with Gasteiger partial charge in [0.25, 0.3) is 0 Å². The number of para-hydroxylation sites is 1. The lowest BCUT2D eigenvalue weighted by molar-refractivity contribution is 1.17. The number of rotatable bonds is 4. The summed E-state index contributed by atoms with van der Waals surface area (Å²) in [7, 11) is 0. The molecule has 27 heavy (non-hydrogen) atoms. The van der Waals surface area contributed by atoms with Crippen LogP contribution in [0.3, 0.4) is 0 Å². The molecule has 2 aromatic carbocycles. The number of hydrogen-bond acceptors (Lipinski definition) is 7. The Balaban J connectivity index is 1.62. The first-order valence-corrected chi connectivity index (χ1v) is 9.47. The van der Waals surface area contributed by atoms with Gasteiger partial charge in [-0.1, -0.05) is 41.1 Å². The van der Waals surface area contributed by atoms with E-state index in [0.717, 1.165) is 32.2 Å². The molecule has 0 bridgehead atoms. The van der Waals surface area contributed by atoms with Crippen LogP contribution in [0.15, 0.2) is 42.7 Å². The summed E-state index contributed by atoms with van der Waals surface area (Å²) in [6, 6.07) is 11.8. The third kappa shape index (κ3) is 3.51. The summed E-state index contributed by atoms with van der Waals surface area (Å²) in [4.78, 5) is 13.1. The van der Waals surface area contributed by atoms with Crippen LogP contribution in [-0.2, 0) is 0 Å². The third-order valence-electron chi connectivity index (χ3n) is 4.16. The Kier molecular flexibility index (Phi) is 4.55. The van der Waals surface area contributed by atoms with Gasteiger partial charge in [0, 0.05) is 10.7 Å². The number of nitrogens with one attached hydrogen (secondary N) is 2. The predicted molar refractivity (Wildman–Crippen MR) is 114 cm³/mol. The van der Waals surface area contributed by atoms with Crippen LogP contribution in [0.2, 0.25) is 5.02 Å². The number of fused-ring (bicyclic) bond motifs is 1. The van der Waals surface area contributed by atoms with Crippen LogP contribution in [0.5, 0.6) is 0 Å². The highest BCUT2D eigenvalue weighted by Crippen LogP contribution is 2.33. The molecule has 0 aliphatic rings. The zero-order valence-corrected chi connectivity index (χ0v) is 16.3. The summed E-state index contributed by atoms with van der Waals surface area (Å²) in [5, 5.41) is 7.79. The summed E-state index contributed by atoms with van der Waals surface area (Å²) >= 11 is 7.74. The van der Waals surface area contributed by atoms with E-state index >= 15 is 0 Å². The molecule has 2 aromatic heterocycles. The quantitative estimate of drug-likeness (QED) is 0.426. The predicted octanol–water partition coefficient (Wildman–Crippen LogP) is 5.43. The summed E-state index contributed by atoms with van der Waals surface area (Å²) in [6.45, 7) is 3.99. The maximum absolute atomic E-state index is 6.26. The number of halogens is 1. The van der Waals surface area contributed by atoms with Crippen molar-refractivity contribution in [3.05, 3.63) is 58.9 Å². The molecule has 0 aliphatic heterocycles. The molecule has 8 heteroatoms. The van der Waals surface area contributed by atoms with Crippen LogP contribution in [0.25, 0.3) is 10.2 Å². The molecule has 0 radical (unpaired) electrons. The van der Waals surface area contributed by atoms with E-state index in [4.69, 9.17) is 17.3 Å². The molecule has 0 fully saturated rings. The Hall–Kier alpha value is -2.90. The van der Waals surface area contributed by atoms with E-state index in [-0.39, 0.29) is 0 Å². The lowest BCUT2D eigenvalue weighted by Gasteiger charge is -2.12. The largest absolute Gasteiger partial charge is 0.393 e. The molecule has 2 heterocycles. The van der Waals surface area contributed by atoms with Gasteiger partial charge in [-0.25, -0.2) is 15.0 Å². The number of anilines is 5. The van der Waals surface area contributed by atoms with Gasteiger partial charge < -0.3 is 16.4 Å². The standard InChI is InChI=1S/C19H17ClN6S/c1-10-6-7-12(8-13(10)20)24-17-15(21)18(23-9-22-17)26-19-25-16-11(2)4-3-5-14(16)27-19/h3-9H,21H2,1-2H3,(H2,22,23,24,25,26). The molecule has 0 saturated heterocycles. The maximum Gasteiger partial charge on any atom is 0.189 e. The molecule has 4 rings (SSSR count). The minimum atomic E-state index is 0.408.